The number of nitrogens with one attached hydrogen (secondary N) is 1. The van der Waals surface area contributed by atoms with Crippen molar-refractivity contribution in [1.82, 2.24) is 5.32 Å². The van der Waals surface area contributed by atoms with Gasteiger partial charge in [0.25, 0.3) is 0 Å². The molecule has 22 heavy (non-hydrogen) atoms. The SMILES string of the molecule is COc1cccc(CCNC(N)Cc2ccccc2OC)c1. The summed E-state index contributed by atoms with van der Waals surface area (Å²) in [7, 11) is 3.36. The first-order valence-corrected chi connectivity index (χ1v) is 7.46. The van der Waals surface area contributed by atoms with Gasteiger partial charge in [0.05, 0.1) is 20.4 Å². The van der Waals surface area contributed by atoms with Crippen LogP contribution in [-0.4, -0.2) is 26.9 Å². The zero-order chi connectivity index (χ0) is 15.8. The first-order valence-electron chi connectivity index (χ1n) is 7.46. The van der Waals surface area contributed by atoms with E-state index in [9.17, 15) is 0 Å². The second-order valence-corrected chi connectivity index (χ2v) is 5.18. The van der Waals surface area contributed by atoms with Crippen LogP contribution in [0.4, 0.5) is 0 Å². The van der Waals surface area contributed by atoms with Crippen LogP contribution in [0.15, 0.2) is 48.5 Å². The zero-order valence-corrected chi connectivity index (χ0v) is 13.2. The minimum atomic E-state index is -0.0955. The Hall–Kier alpha value is -2.04. The highest BCUT2D eigenvalue weighted by Gasteiger charge is 2.07. The average molecular weight is 300 g/mol. The van der Waals surface area contributed by atoms with Crippen molar-refractivity contribution >= 4 is 0 Å². The molecule has 0 aliphatic carbocycles. The molecule has 0 saturated carbocycles. The van der Waals surface area contributed by atoms with Gasteiger partial charge in [-0.1, -0.05) is 30.3 Å². The summed E-state index contributed by atoms with van der Waals surface area (Å²) in [6.07, 6.45) is 1.56. The Kier molecular flexibility index (Phi) is 6.25. The molecule has 1 atom stereocenters. The molecule has 0 spiro atoms. The quantitative estimate of drug-likeness (QED) is 0.735. The molecule has 4 heteroatoms. The van der Waals surface area contributed by atoms with E-state index in [1.54, 1.807) is 14.2 Å². The number of rotatable bonds is 8. The largest absolute Gasteiger partial charge is 0.497 e. The molecule has 0 aliphatic rings. The predicted molar refractivity (Wildman–Crippen MR) is 89.4 cm³/mol. The summed E-state index contributed by atoms with van der Waals surface area (Å²) in [6, 6.07) is 16.1. The highest BCUT2D eigenvalue weighted by molar-refractivity contribution is 5.33. The average Bonchev–Trinajstić information content (AvgIpc) is 2.55. The molecular weight excluding hydrogens is 276 g/mol. The van der Waals surface area contributed by atoms with E-state index in [2.05, 4.69) is 11.4 Å². The van der Waals surface area contributed by atoms with Gasteiger partial charge < -0.3 is 20.5 Å². The lowest BCUT2D eigenvalue weighted by Crippen LogP contribution is -2.40. The first-order chi connectivity index (χ1) is 10.7. The molecule has 2 rings (SSSR count). The smallest absolute Gasteiger partial charge is 0.122 e. The number of hydrogen-bond donors (Lipinski definition) is 2. The van der Waals surface area contributed by atoms with E-state index in [0.717, 1.165) is 36.4 Å². The van der Waals surface area contributed by atoms with Gasteiger partial charge in [-0.25, -0.2) is 0 Å². The van der Waals surface area contributed by atoms with Gasteiger partial charge in [-0.05, 0) is 35.7 Å². The molecule has 0 radical (unpaired) electrons. The number of nitrogens with two attached hydrogens (primary N) is 1. The molecule has 0 aliphatic heterocycles. The van der Waals surface area contributed by atoms with Crippen molar-refractivity contribution < 1.29 is 9.47 Å². The third-order valence-corrected chi connectivity index (χ3v) is 3.59. The third-order valence-electron chi connectivity index (χ3n) is 3.59. The van der Waals surface area contributed by atoms with Gasteiger partial charge in [0.15, 0.2) is 0 Å². The van der Waals surface area contributed by atoms with E-state index in [1.165, 1.54) is 5.56 Å². The van der Waals surface area contributed by atoms with Crippen molar-refractivity contribution in [2.75, 3.05) is 20.8 Å². The Morgan fingerprint density at radius 3 is 2.64 bits per heavy atom. The molecule has 0 amide bonds. The Morgan fingerprint density at radius 2 is 1.86 bits per heavy atom. The summed E-state index contributed by atoms with van der Waals surface area (Å²) in [4.78, 5) is 0. The van der Waals surface area contributed by atoms with Gasteiger partial charge in [-0.15, -0.1) is 0 Å². The van der Waals surface area contributed by atoms with E-state index in [-0.39, 0.29) is 6.17 Å². The first kappa shape index (κ1) is 16.3. The van der Waals surface area contributed by atoms with Crippen LogP contribution in [0.3, 0.4) is 0 Å². The van der Waals surface area contributed by atoms with E-state index >= 15 is 0 Å². The van der Waals surface area contributed by atoms with Crippen molar-refractivity contribution in [3.8, 4) is 11.5 Å². The van der Waals surface area contributed by atoms with Gasteiger partial charge in [0.2, 0.25) is 0 Å². The van der Waals surface area contributed by atoms with Crippen molar-refractivity contribution in [2.45, 2.75) is 19.0 Å². The zero-order valence-electron chi connectivity index (χ0n) is 13.2. The van der Waals surface area contributed by atoms with Crippen LogP contribution in [0.2, 0.25) is 0 Å². The molecule has 2 aromatic carbocycles. The molecule has 0 heterocycles. The highest BCUT2D eigenvalue weighted by atomic mass is 16.5. The van der Waals surface area contributed by atoms with Crippen molar-refractivity contribution in [3.05, 3.63) is 59.7 Å². The van der Waals surface area contributed by atoms with Gasteiger partial charge in [0.1, 0.15) is 11.5 Å². The molecule has 0 fully saturated rings. The lowest BCUT2D eigenvalue weighted by Gasteiger charge is -2.16. The number of methoxy groups -OCH3 is 2. The molecule has 4 nitrogen and oxygen atoms in total. The van der Waals surface area contributed by atoms with Crippen LogP contribution in [-0.2, 0) is 12.8 Å². The van der Waals surface area contributed by atoms with E-state index in [0.29, 0.717) is 0 Å². The predicted octanol–water partition coefficient (Wildman–Crippen LogP) is 2.36. The third kappa shape index (κ3) is 4.76. The maximum absolute atomic E-state index is 6.16. The number of benzene rings is 2. The fraction of sp³-hybridized carbons (Fsp3) is 0.333. The van der Waals surface area contributed by atoms with Crippen LogP contribution in [0.5, 0.6) is 11.5 Å². The van der Waals surface area contributed by atoms with Crippen LogP contribution in [0.1, 0.15) is 11.1 Å². The highest BCUT2D eigenvalue weighted by Crippen LogP contribution is 2.18. The minimum Gasteiger partial charge on any atom is -0.497 e. The number of ether oxygens (including phenoxy) is 2. The van der Waals surface area contributed by atoms with Gasteiger partial charge in [-0.2, -0.15) is 0 Å². The molecule has 3 N–H and O–H groups in total. The van der Waals surface area contributed by atoms with E-state index < -0.39 is 0 Å². The van der Waals surface area contributed by atoms with E-state index in [4.69, 9.17) is 15.2 Å². The van der Waals surface area contributed by atoms with Crippen LogP contribution in [0.25, 0.3) is 0 Å². The Balaban J connectivity index is 1.81. The number of para-hydroxylation sites is 1. The van der Waals surface area contributed by atoms with Crippen molar-refractivity contribution in [3.63, 3.8) is 0 Å². The molecule has 0 aromatic heterocycles. The molecule has 0 saturated heterocycles. The second-order valence-electron chi connectivity index (χ2n) is 5.18. The summed E-state index contributed by atoms with van der Waals surface area (Å²) in [5.74, 6) is 1.77. The molecular formula is C18H24N2O2. The summed E-state index contributed by atoms with van der Waals surface area (Å²) in [5.41, 5.74) is 8.51. The molecule has 2 aromatic rings. The van der Waals surface area contributed by atoms with Crippen molar-refractivity contribution in [1.29, 1.82) is 0 Å². The second kappa shape index (κ2) is 8.41. The normalized spacial score (nSPS) is 12.0. The Bertz CT molecular complexity index is 587. The topological polar surface area (TPSA) is 56.5 Å². The van der Waals surface area contributed by atoms with Gasteiger partial charge in [0, 0.05) is 13.0 Å². The van der Waals surface area contributed by atoms with Gasteiger partial charge in [-0.3, -0.25) is 0 Å². The lowest BCUT2D eigenvalue weighted by molar-refractivity contribution is 0.405. The molecule has 1 unspecified atom stereocenters. The fourth-order valence-corrected chi connectivity index (χ4v) is 2.41. The monoisotopic (exact) mass is 300 g/mol. The summed E-state index contributed by atoms with van der Waals surface area (Å²) in [6.45, 7) is 0.823. The minimum absolute atomic E-state index is 0.0955. The van der Waals surface area contributed by atoms with Gasteiger partial charge >= 0.3 is 0 Å². The standard InChI is InChI=1S/C18H24N2O2/c1-21-16-8-5-6-14(12-16)10-11-20-18(19)13-15-7-3-4-9-17(15)22-2/h3-9,12,18,20H,10-11,13,19H2,1-2H3. The number of hydrogen-bond acceptors (Lipinski definition) is 4. The summed E-state index contributed by atoms with van der Waals surface area (Å²) in [5, 5.41) is 3.35. The van der Waals surface area contributed by atoms with Crippen LogP contribution >= 0.6 is 0 Å². The Morgan fingerprint density at radius 1 is 1.05 bits per heavy atom. The van der Waals surface area contributed by atoms with Crippen LogP contribution < -0.4 is 20.5 Å². The lowest BCUT2D eigenvalue weighted by atomic mass is 10.1. The fourth-order valence-electron chi connectivity index (χ4n) is 2.41. The molecule has 0 bridgehead atoms. The van der Waals surface area contributed by atoms with E-state index in [1.807, 2.05) is 42.5 Å². The maximum Gasteiger partial charge on any atom is 0.122 e. The molecule has 118 valence electrons. The van der Waals surface area contributed by atoms with Crippen LogP contribution in [0, 0.1) is 0 Å². The Labute approximate surface area is 132 Å². The van der Waals surface area contributed by atoms with Crippen molar-refractivity contribution in [2.24, 2.45) is 5.73 Å². The summed E-state index contributed by atoms with van der Waals surface area (Å²) >= 11 is 0. The maximum atomic E-state index is 6.16. The summed E-state index contributed by atoms with van der Waals surface area (Å²) < 4.78 is 10.6.